The molecule has 5 atom stereocenters. The molecule has 2 bridgehead atoms. The zero-order chi connectivity index (χ0) is 12.3. The van der Waals surface area contributed by atoms with Crippen LogP contribution >= 0.6 is 0 Å². The molecule has 3 saturated carbocycles. The molecule has 3 N–H and O–H groups in total. The molecule has 3 aliphatic carbocycles. The molecule has 2 heteroatoms. The molecule has 0 aliphatic heterocycles. The van der Waals surface area contributed by atoms with Crippen LogP contribution in [0.1, 0.15) is 36.4 Å². The number of hydrazine groups is 1. The van der Waals surface area contributed by atoms with Crippen LogP contribution in [-0.4, -0.2) is 0 Å². The van der Waals surface area contributed by atoms with Crippen LogP contribution in [0, 0.1) is 36.5 Å². The Labute approximate surface area is 109 Å². The lowest BCUT2D eigenvalue weighted by molar-refractivity contribution is 0.374. The van der Waals surface area contributed by atoms with E-state index in [-0.39, 0.29) is 0 Å². The van der Waals surface area contributed by atoms with Crippen LogP contribution in [0.3, 0.4) is 0 Å². The first-order valence-corrected chi connectivity index (χ1v) is 7.32. The summed E-state index contributed by atoms with van der Waals surface area (Å²) in [5.41, 5.74) is 5.83. The average Bonchev–Trinajstić information content (AvgIpc) is 2.80. The minimum absolute atomic E-state index is 0.378. The number of aryl methyl sites for hydroxylation is 1. The number of nitrogens with one attached hydrogen (secondary N) is 1. The molecule has 3 fully saturated rings. The summed E-state index contributed by atoms with van der Waals surface area (Å²) in [4.78, 5) is 0. The smallest absolute Gasteiger partial charge is 0.0493 e. The standard InChI is InChI=1S/C16H22N2/c1-9-3-2-4-12(7-9)16(18-17)15-13-10-5-6-11(8-10)14(13)15/h2-4,7,10-11,13-16,18H,5-6,8,17H2,1H3. The van der Waals surface area contributed by atoms with Crippen molar-refractivity contribution in [1.82, 2.24) is 5.43 Å². The first-order valence-electron chi connectivity index (χ1n) is 7.32. The number of benzene rings is 1. The van der Waals surface area contributed by atoms with Gasteiger partial charge in [0.05, 0.1) is 0 Å². The van der Waals surface area contributed by atoms with E-state index in [9.17, 15) is 0 Å². The van der Waals surface area contributed by atoms with Crippen LogP contribution in [-0.2, 0) is 0 Å². The lowest BCUT2D eigenvalue weighted by Gasteiger charge is -2.20. The van der Waals surface area contributed by atoms with Gasteiger partial charge >= 0.3 is 0 Å². The topological polar surface area (TPSA) is 38.0 Å². The summed E-state index contributed by atoms with van der Waals surface area (Å²) < 4.78 is 0. The quantitative estimate of drug-likeness (QED) is 0.632. The third-order valence-corrected chi connectivity index (χ3v) is 5.76. The number of nitrogens with two attached hydrogens (primary N) is 1. The molecule has 96 valence electrons. The summed E-state index contributed by atoms with van der Waals surface area (Å²) in [5.74, 6) is 10.7. The van der Waals surface area contributed by atoms with E-state index in [0.717, 1.165) is 29.6 Å². The first kappa shape index (κ1) is 11.0. The Balaban J connectivity index is 1.60. The molecule has 0 saturated heterocycles. The summed E-state index contributed by atoms with van der Waals surface area (Å²) >= 11 is 0. The van der Waals surface area contributed by atoms with Crippen LogP contribution < -0.4 is 11.3 Å². The van der Waals surface area contributed by atoms with Crippen molar-refractivity contribution in [2.24, 2.45) is 35.4 Å². The molecule has 1 aromatic carbocycles. The van der Waals surface area contributed by atoms with Crippen LogP contribution in [0.2, 0.25) is 0 Å². The predicted octanol–water partition coefficient (Wildman–Crippen LogP) is 2.79. The van der Waals surface area contributed by atoms with E-state index in [1.807, 2.05) is 0 Å². The fourth-order valence-corrected chi connectivity index (χ4v) is 5.13. The van der Waals surface area contributed by atoms with Gasteiger partial charge in [0, 0.05) is 6.04 Å². The van der Waals surface area contributed by atoms with Crippen LogP contribution in [0.5, 0.6) is 0 Å². The Hall–Kier alpha value is -0.860. The van der Waals surface area contributed by atoms with E-state index in [1.54, 1.807) is 0 Å². The van der Waals surface area contributed by atoms with E-state index >= 15 is 0 Å². The minimum atomic E-state index is 0.378. The number of rotatable bonds is 3. The normalized spacial score (nSPS) is 41.8. The molecule has 2 nitrogen and oxygen atoms in total. The lowest BCUT2D eigenvalue weighted by atomic mass is 9.93. The molecular weight excluding hydrogens is 220 g/mol. The van der Waals surface area contributed by atoms with Crippen molar-refractivity contribution >= 4 is 0 Å². The van der Waals surface area contributed by atoms with Crippen molar-refractivity contribution in [3.8, 4) is 0 Å². The predicted molar refractivity (Wildman–Crippen MR) is 72.5 cm³/mol. The maximum atomic E-state index is 5.86. The van der Waals surface area contributed by atoms with Crippen molar-refractivity contribution < 1.29 is 0 Å². The molecule has 0 heterocycles. The summed E-state index contributed by atoms with van der Waals surface area (Å²) in [6, 6.07) is 9.22. The van der Waals surface area contributed by atoms with Gasteiger partial charge in [0.25, 0.3) is 0 Å². The van der Waals surface area contributed by atoms with E-state index in [0.29, 0.717) is 6.04 Å². The zero-order valence-corrected chi connectivity index (χ0v) is 11.0. The van der Waals surface area contributed by atoms with Crippen molar-refractivity contribution in [3.63, 3.8) is 0 Å². The Kier molecular flexibility index (Phi) is 2.33. The highest BCUT2D eigenvalue weighted by atomic mass is 15.2. The fraction of sp³-hybridized carbons (Fsp3) is 0.625. The summed E-state index contributed by atoms with van der Waals surface area (Å²) in [6.07, 6.45) is 4.47. The second-order valence-corrected chi connectivity index (χ2v) is 6.62. The van der Waals surface area contributed by atoms with E-state index in [1.165, 1.54) is 30.4 Å². The van der Waals surface area contributed by atoms with Gasteiger partial charge in [0.15, 0.2) is 0 Å². The van der Waals surface area contributed by atoms with Gasteiger partial charge < -0.3 is 0 Å². The minimum Gasteiger partial charge on any atom is -0.271 e. The second kappa shape index (κ2) is 3.82. The molecule has 0 aromatic heterocycles. The Morgan fingerprint density at radius 1 is 1.22 bits per heavy atom. The third-order valence-electron chi connectivity index (χ3n) is 5.76. The van der Waals surface area contributed by atoms with E-state index in [2.05, 4.69) is 36.6 Å². The highest BCUT2D eigenvalue weighted by Gasteiger charge is 2.66. The van der Waals surface area contributed by atoms with Crippen LogP contribution in [0.25, 0.3) is 0 Å². The van der Waals surface area contributed by atoms with Crippen LogP contribution in [0.4, 0.5) is 0 Å². The molecule has 3 aliphatic rings. The molecule has 5 unspecified atom stereocenters. The second-order valence-electron chi connectivity index (χ2n) is 6.62. The third kappa shape index (κ3) is 1.42. The summed E-state index contributed by atoms with van der Waals surface area (Å²) in [7, 11) is 0. The van der Waals surface area contributed by atoms with E-state index in [4.69, 9.17) is 5.84 Å². The maximum Gasteiger partial charge on any atom is 0.0493 e. The van der Waals surface area contributed by atoms with Crippen molar-refractivity contribution in [3.05, 3.63) is 35.4 Å². The Morgan fingerprint density at radius 3 is 2.56 bits per heavy atom. The first-order chi connectivity index (χ1) is 8.79. The van der Waals surface area contributed by atoms with Crippen molar-refractivity contribution in [1.29, 1.82) is 0 Å². The van der Waals surface area contributed by atoms with Gasteiger partial charge in [-0.15, -0.1) is 0 Å². The van der Waals surface area contributed by atoms with Gasteiger partial charge in [-0.2, -0.15) is 0 Å². The molecule has 4 rings (SSSR count). The number of fused-ring (bicyclic) bond motifs is 5. The van der Waals surface area contributed by atoms with Gasteiger partial charge in [-0.1, -0.05) is 29.8 Å². The van der Waals surface area contributed by atoms with Gasteiger partial charge in [0.1, 0.15) is 0 Å². The monoisotopic (exact) mass is 242 g/mol. The van der Waals surface area contributed by atoms with Crippen molar-refractivity contribution in [2.75, 3.05) is 0 Å². The summed E-state index contributed by atoms with van der Waals surface area (Å²) in [5, 5.41) is 0. The number of hydrogen-bond acceptors (Lipinski definition) is 2. The molecule has 0 amide bonds. The van der Waals surface area contributed by atoms with Gasteiger partial charge in [-0.25, -0.2) is 0 Å². The Bertz CT molecular complexity index is 454. The van der Waals surface area contributed by atoms with E-state index < -0.39 is 0 Å². The Morgan fingerprint density at radius 2 is 1.94 bits per heavy atom. The zero-order valence-electron chi connectivity index (χ0n) is 11.0. The highest BCUT2D eigenvalue weighted by molar-refractivity contribution is 5.29. The molecule has 18 heavy (non-hydrogen) atoms. The van der Waals surface area contributed by atoms with Gasteiger partial charge in [-0.05, 0) is 61.3 Å². The SMILES string of the molecule is Cc1cccc(C(NN)C2C3C4CCC(C4)C32)c1. The van der Waals surface area contributed by atoms with Crippen molar-refractivity contribution in [2.45, 2.75) is 32.2 Å². The highest BCUT2D eigenvalue weighted by Crippen LogP contribution is 2.72. The average molecular weight is 242 g/mol. The largest absolute Gasteiger partial charge is 0.271 e. The maximum absolute atomic E-state index is 5.86. The molecular formula is C16H22N2. The summed E-state index contributed by atoms with van der Waals surface area (Å²) in [6.45, 7) is 2.16. The fourth-order valence-electron chi connectivity index (χ4n) is 5.13. The lowest BCUT2D eigenvalue weighted by Crippen LogP contribution is -2.31. The molecule has 0 spiro atoms. The number of hydrogen-bond donors (Lipinski definition) is 2. The van der Waals surface area contributed by atoms with Gasteiger partial charge in [-0.3, -0.25) is 11.3 Å². The van der Waals surface area contributed by atoms with Gasteiger partial charge in [0.2, 0.25) is 0 Å². The molecule has 0 radical (unpaired) electrons. The van der Waals surface area contributed by atoms with Crippen LogP contribution in [0.15, 0.2) is 24.3 Å². The molecule has 1 aromatic rings.